The Morgan fingerprint density at radius 3 is 2.76 bits per heavy atom. The van der Waals surface area contributed by atoms with E-state index >= 15 is 0 Å². The molecule has 4 heteroatoms. The van der Waals surface area contributed by atoms with Crippen molar-refractivity contribution < 1.29 is 4.79 Å². The lowest BCUT2D eigenvalue weighted by Crippen LogP contribution is -2.25. The molecule has 3 nitrogen and oxygen atoms in total. The third-order valence-electron chi connectivity index (χ3n) is 2.43. The summed E-state index contributed by atoms with van der Waals surface area (Å²) in [4.78, 5) is 11.4. The first kappa shape index (κ1) is 14.0. The van der Waals surface area contributed by atoms with E-state index in [0.29, 0.717) is 13.0 Å². The molecule has 0 atom stereocenters. The third kappa shape index (κ3) is 5.22. The lowest BCUT2D eigenvalue weighted by Gasteiger charge is -2.08. The molecule has 0 radical (unpaired) electrons. The molecule has 0 saturated carbocycles. The number of nitrogens with one attached hydrogen (secondary N) is 2. The molecule has 1 rings (SSSR count). The van der Waals surface area contributed by atoms with Crippen LogP contribution in [0.4, 0.5) is 5.69 Å². The monoisotopic (exact) mass is 298 g/mol. The van der Waals surface area contributed by atoms with Crippen molar-refractivity contribution in [2.24, 2.45) is 0 Å². The van der Waals surface area contributed by atoms with Gasteiger partial charge in [-0.25, -0.2) is 0 Å². The van der Waals surface area contributed by atoms with E-state index in [1.807, 2.05) is 32.0 Å². The second-order valence-corrected chi connectivity index (χ2v) is 4.85. The van der Waals surface area contributed by atoms with Gasteiger partial charge in [0.25, 0.3) is 0 Å². The summed E-state index contributed by atoms with van der Waals surface area (Å²) in [6, 6.07) is 6.09. The molecule has 0 heterocycles. The van der Waals surface area contributed by atoms with E-state index in [2.05, 4.69) is 26.6 Å². The lowest BCUT2D eigenvalue weighted by atomic mass is 10.2. The lowest BCUT2D eigenvalue weighted by molar-refractivity contribution is -0.120. The van der Waals surface area contributed by atoms with Gasteiger partial charge in [-0.05, 0) is 31.0 Å². The maximum absolute atomic E-state index is 11.4. The molecule has 0 unspecified atom stereocenters. The molecule has 0 aliphatic rings. The highest BCUT2D eigenvalue weighted by molar-refractivity contribution is 9.10. The van der Waals surface area contributed by atoms with Gasteiger partial charge in [-0.3, -0.25) is 4.79 Å². The predicted octanol–water partition coefficient (Wildman–Crippen LogP) is 3.09. The summed E-state index contributed by atoms with van der Waals surface area (Å²) < 4.78 is 1.08. The van der Waals surface area contributed by atoms with Crippen LogP contribution in [-0.2, 0) is 4.79 Å². The normalized spacial score (nSPS) is 10.1. The molecule has 0 aliphatic heterocycles. The van der Waals surface area contributed by atoms with Gasteiger partial charge in [-0.1, -0.05) is 28.9 Å². The highest BCUT2D eigenvalue weighted by Crippen LogP contribution is 2.20. The van der Waals surface area contributed by atoms with Crippen molar-refractivity contribution in [1.82, 2.24) is 5.32 Å². The van der Waals surface area contributed by atoms with Crippen molar-refractivity contribution >= 4 is 27.5 Å². The maximum atomic E-state index is 11.4. The first-order chi connectivity index (χ1) is 8.13. The molecule has 0 bridgehead atoms. The molecule has 2 N–H and O–H groups in total. The molecular formula is C13H19BrN2O. The molecule has 0 fully saturated rings. The van der Waals surface area contributed by atoms with Crippen molar-refractivity contribution in [3.8, 4) is 0 Å². The third-order valence-corrected chi connectivity index (χ3v) is 3.28. The van der Waals surface area contributed by atoms with Crippen molar-refractivity contribution in [2.45, 2.75) is 26.7 Å². The quantitative estimate of drug-likeness (QED) is 0.847. The minimum atomic E-state index is 0.102. The fraction of sp³-hybridized carbons (Fsp3) is 0.462. The summed E-state index contributed by atoms with van der Waals surface area (Å²) in [5, 5.41) is 6.08. The van der Waals surface area contributed by atoms with E-state index in [1.54, 1.807) is 0 Å². The summed E-state index contributed by atoms with van der Waals surface area (Å²) in [5.74, 6) is 0.102. The number of amides is 1. The number of hydrogen-bond donors (Lipinski definition) is 2. The molecule has 17 heavy (non-hydrogen) atoms. The van der Waals surface area contributed by atoms with Crippen LogP contribution in [0, 0.1) is 6.92 Å². The van der Waals surface area contributed by atoms with Crippen LogP contribution in [0.2, 0.25) is 0 Å². The van der Waals surface area contributed by atoms with E-state index in [1.165, 1.54) is 5.56 Å². The first-order valence-electron chi connectivity index (χ1n) is 5.90. The van der Waals surface area contributed by atoms with E-state index in [-0.39, 0.29) is 5.91 Å². The van der Waals surface area contributed by atoms with Crippen LogP contribution >= 0.6 is 15.9 Å². The van der Waals surface area contributed by atoms with Crippen LogP contribution in [0.1, 0.15) is 25.3 Å². The van der Waals surface area contributed by atoms with Crippen molar-refractivity contribution in [1.29, 1.82) is 0 Å². The van der Waals surface area contributed by atoms with Gasteiger partial charge in [0.15, 0.2) is 0 Å². The zero-order chi connectivity index (χ0) is 12.7. The molecule has 94 valence electrons. The van der Waals surface area contributed by atoms with Crippen LogP contribution in [0.5, 0.6) is 0 Å². The first-order valence-corrected chi connectivity index (χ1v) is 6.69. The Kier molecular flexibility index (Phi) is 6.05. The van der Waals surface area contributed by atoms with E-state index in [4.69, 9.17) is 0 Å². The highest BCUT2D eigenvalue weighted by atomic mass is 79.9. The van der Waals surface area contributed by atoms with Crippen LogP contribution < -0.4 is 10.6 Å². The fourth-order valence-corrected chi connectivity index (χ4v) is 1.75. The molecule has 0 saturated heterocycles. The number of rotatable bonds is 6. The molecule has 1 aromatic carbocycles. The van der Waals surface area contributed by atoms with Crippen LogP contribution in [-0.4, -0.2) is 19.0 Å². The Morgan fingerprint density at radius 2 is 2.12 bits per heavy atom. The fourth-order valence-electron chi connectivity index (χ4n) is 1.38. The molecule has 0 aromatic heterocycles. The molecule has 1 amide bonds. The maximum Gasteiger partial charge on any atom is 0.221 e. The van der Waals surface area contributed by atoms with Gasteiger partial charge < -0.3 is 10.6 Å². The van der Waals surface area contributed by atoms with Crippen LogP contribution in [0.15, 0.2) is 22.7 Å². The molecule has 0 spiro atoms. The number of halogens is 1. The van der Waals surface area contributed by atoms with Crippen LogP contribution in [0.25, 0.3) is 0 Å². The Morgan fingerprint density at radius 1 is 1.35 bits per heavy atom. The number of benzene rings is 1. The van der Waals surface area contributed by atoms with E-state index in [0.717, 1.165) is 23.1 Å². The van der Waals surface area contributed by atoms with E-state index in [9.17, 15) is 4.79 Å². The zero-order valence-electron chi connectivity index (χ0n) is 10.3. The SMILES string of the molecule is CCCNC(=O)CCNc1ccc(C)c(Br)c1. The summed E-state index contributed by atoms with van der Waals surface area (Å²) in [7, 11) is 0. The largest absolute Gasteiger partial charge is 0.384 e. The van der Waals surface area contributed by atoms with Crippen molar-refractivity contribution in [3.63, 3.8) is 0 Å². The van der Waals surface area contributed by atoms with Gasteiger partial charge in [-0.15, -0.1) is 0 Å². The van der Waals surface area contributed by atoms with Crippen molar-refractivity contribution in [2.75, 3.05) is 18.4 Å². The van der Waals surface area contributed by atoms with Crippen molar-refractivity contribution in [3.05, 3.63) is 28.2 Å². The summed E-state index contributed by atoms with van der Waals surface area (Å²) in [6.45, 7) is 5.51. The highest BCUT2D eigenvalue weighted by Gasteiger charge is 2.00. The Balaban J connectivity index is 2.30. The number of hydrogen-bond acceptors (Lipinski definition) is 2. The van der Waals surface area contributed by atoms with Gasteiger partial charge in [0.1, 0.15) is 0 Å². The molecule has 1 aromatic rings. The van der Waals surface area contributed by atoms with Gasteiger partial charge in [-0.2, -0.15) is 0 Å². The summed E-state index contributed by atoms with van der Waals surface area (Å²) in [6.07, 6.45) is 1.48. The number of carbonyl (C=O) groups is 1. The van der Waals surface area contributed by atoms with Crippen LogP contribution in [0.3, 0.4) is 0 Å². The van der Waals surface area contributed by atoms with Gasteiger partial charge in [0.2, 0.25) is 5.91 Å². The van der Waals surface area contributed by atoms with Gasteiger partial charge in [0.05, 0.1) is 0 Å². The number of anilines is 1. The smallest absolute Gasteiger partial charge is 0.221 e. The molecular weight excluding hydrogens is 280 g/mol. The minimum Gasteiger partial charge on any atom is -0.384 e. The number of carbonyl (C=O) groups excluding carboxylic acids is 1. The molecule has 0 aliphatic carbocycles. The van der Waals surface area contributed by atoms with Gasteiger partial charge in [0, 0.05) is 29.7 Å². The predicted molar refractivity (Wildman–Crippen MR) is 75.3 cm³/mol. The Bertz CT molecular complexity index is 380. The Hall–Kier alpha value is -1.03. The summed E-state index contributed by atoms with van der Waals surface area (Å²) in [5.41, 5.74) is 2.24. The average molecular weight is 299 g/mol. The Labute approximate surface area is 111 Å². The van der Waals surface area contributed by atoms with E-state index < -0.39 is 0 Å². The summed E-state index contributed by atoms with van der Waals surface area (Å²) >= 11 is 3.48. The zero-order valence-corrected chi connectivity index (χ0v) is 11.9. The second-order valence-electron chi connectivity index (χ2n) is 3.99. The minimum absolute atomic E-state index is 0.102. The standard InChI is InChI=1S/C13H19BrN2O/c1-3-7-16-13(17)6-8-15-11-5-4-10(2)12(14)9-11/h4-5,9,15H,3,6-8H2,1-2H3,(H,16,17). The topological polar surface area (TPSA) is 41.1 Å². The average Bonchev–Trinajstić information content (AvgIpc) is 2.31. The number of aryl methyl sites for hydroxylation is 1. The second kappa shape index (κ2) is 7.33. The van der Waals surface area contributed by atoms with Gasteiger partial charge >= 0.3 is 0 Å².